The van der Waals surface area contributed by atoms with E-state index in [1.54, 1.807) is 6.26 Å². The van der Waals surface area contributed by atoms with Crippen molar-refractivity contribution in [2.45, 2.75) is 50.3 Å². The lowest BCUT2D eigenvalue weighted by Gasteiger charge is -2.29. The fourth-order valence-corrected chi connectivity index (χ4v) is 3.39. The standard InChI is InChI=1S/C15H19NO4/c17-13-8-19-7-12(13)16(10-4-5-10)15(18)14-11-3-1-2-9(11)6-20-14/h6,10,12-13,17H,1-5,7-8H2/t12-,13-/m1/s1. The average molecular weight is 277 g/mol. The SMILES string of the molecule is O=C(c1occ2c1CCC2)N(C1CC1)[C@@H]1COC[C@H]1O. The summed E-state index contributed by atoms with van der Waals surface area (Å²) >= 11 is 0. The molecule has 2 heterocycles. The Bertz CT molecular complexity index is 534. The molecule has 0 unspecified atom stereocenters. The van der Waals surface area contributed by atoms with Crippen LogP contribution in [0, 0.1) is 0 Å². The van der Waals surface area contributed by atoms with Crippen LogP contribution in [0.5, 0.6) is 0 Å². The molecule has 2 fully saturated rings. The molecule has 0 bridgehead atoms. The van der Waals surface area contributed by atoms with Crippen LogP contribution in [0.4, 0.5) is 0 Å². The van der Waals surface area contributed by atoms with Gasteiger partial charge in [-0.3, -0.25) is 4.79 Å². The minimum absolute atomic E-state index is 0.0646. The highest BCUT2D eigenvalue weighted by Gasteiger charge is 2.44. The first-order valence-corrected chi connectivity index (χ1v) is 7.43. The molecule has 5 heteroatoms. The molecule has 1 aromatic heterocycles. The number of furan rings is 1. The predicted molar refractivity (Wildman–Crippen MR) is 70.5 cm³/mol. The van der Waals surface area contributed by atoms with Crippen molar-refractivity contribution >= 4 is 5.91 Å². The lowest BCUT2D eigenvalue weighted by molar-refractivity contribution is 0.0449. The van der Waals surface area contributed by atoms with E-state index in [0.29, 0.717) is 19.0 Å². The minimum Gasteiger partial charge on any atom is -0.459 e. The summed E-state index contributed by atoms with van der Waals surface area (Å²) in [5.41, 5.74) is 2.25. The first-order chi connectivity index (χ1) is 9.75. The summed E-state index contributed by atoms with van der Waals surface area (Å²) in [6, 6.07) is 0.0168. The van der Waals surface area contributed by atoms with E-state index >= 15 is 0 Å². The smallest absolute Gasteiger partial charge is 0.290 e. The molecule has 4 rings (SSSR count). The van der Waals surface area contributed by atoms with Crippen LogP contribution in [-0.4, -0.2) is 47.3 Å². The van der Waals surface area contributed by atoms with Gasteiger partial charge in [-0.25, -0.2) is 0 Å². The maximum atomic E-state index is 12.8. The van der Waals surface area contributed by atoms with Crippen LogP contribution in [-0.2, 0) is 17.6 Å². The molecule has 0 aromatic carbocycles. The molecule has 5 nitrogen and oxygen atoms in total. The number of carbonyl (C=O) groups excluding carboxylic acids is 1. The Morgan fingerprint density at radius 3 is 2.85 bits per heavy atom. The molecule has 1 N–H and O–H groups in total. The number of aliphatic hydroxyl groups is 1. The molecular formula is C15H19NO4. The molecular weight excluding hydrogens is 258 g/mol. The van der Waals surface area contributed by atoms with Crippen LogP contribution >= 0.6 is 0 Å². The summed E-state index contributed by atoms with van der Waals surface area (Å²) in [5.74, 6) is 0.425. The summed E-state index contributed by atoms with van der Waals surface area (Å²) in [6.07, 6.45) is 6.19. The quantitative estimate of drug-likeness (QED) is 0.899. The number of fused-ring (bicyclic) bond motifs is 1. The summed E-state index contributed by atoms with van der Waals surface area (Å²) in [7, 11) is 0. The third-order valence-electron chi connectivity index (χ3n) is 4.60. The number of hydrogen-bond donors (Lipinski definition) is 1. The second kappa shape index (κ2) is 4.60. The van der Waals surface area contributed by atoms with E-state index in [-0.39, 0.29) is 18.0 Å². The number of carbonyl (C=O) groups is 1. The maximum Gasteiger partial charge on any atom is 0.290 e. The third kappa shape index (κ3) is 1.88. The molecule has 1 aliphatic heterocycles. The molecule has 2 atom stereocenters. The summed E-state index contributed by atoms with van der Waals surface area (Å²) in [6.45, 7) is 0.740. The van der Waals surface area contributed by atoms with E-state index in [1.165, 1.54) is 5.56 Å². The Kier molecular flexibility index (Phi) is 2.86. The Morgan fingerprint density at radius 1 is 1.30 bits per heavy atom. The van der Waals surface area contributed by atoms with Gasteiger partial charge in [-0.1, -0.05) is 0 Å². The van der Waals surface area contributed by atoms with Gasteiger partial charge in [-0.15, -0.1) is 0 Å². The Labute approximate surface area is 117 Å². The Balaban J connectivity index is 1.64. The van der Waals surface area contributed by atoms with Crippen LogP contribution in [0.3, 0.4) is 0 Å². The first kappa shape index (κ1) is 12.4. The van der Waals surface area contributed by atoms with E-state index in [2.05, 4.69) is 0 Å². The van der Waals surface area contributed by atoms with Gasteiger partial charge in [0.05, 0.1) is 31.6 Å². The van der Waals surface area contributed by atoms with Gasteiger partial charge in [0.2, 0.25) is 0 Å². The predicted octanol–water partition coefficient (Wildman–Crippen LogP) is 1.13. The monoisotopic (exact) mass is 277 g/mol. The van der Waals surface area contributed by atoms with Crippen LogP contribution < -0.4 is 0 Å². The number of aliphatic hydroxyl groups excluding tert-OH is 1. The maximum absolute atomic E-state index is 12.8. The molecule has 0 radical (unpaired) electrons. The zero-order chi connectivity index (χ0) is 13.7. The van der Waals surface area contributed by atoms with Crippen LogP contribution in [0.25, 0.3) is 0 Å². The zero-order valence-electron chi connectivity index (χ0n) is 11.4. The molecule has 0 spiro atoms. The van der Waals surface area contributed by atoms with Crippen molar-refractivity contribution in [1.29, 1.82) is 0 Å². The van der Waals surface area contributed by atoms with Crippen LogP contribution in [0.15, 0.2) is 10.7 Å². The molecule has 2 aliphatic carbocycles. The highest BCUT2D eigenvalue weighted by atomic mass is 16.5. The largest absolute Gasteiger partial charge is 0.459 e. The molecule has 1 saturated carbocycles. The van der Waals surface area contributed by atoms with Gasteiger partial charge in [-0.2, -0.15) is 0 Å². The van der Waals surface area contributed by atoms with Crippen LogP contribution in [0.1, 0.15) is 40.9 Å². The molecule has 3 aliphatic rings. The van der Waals surface area contributed by atoms with Gasteiger partial charge in [-0.05, 0) is 37.7 Å². The third-order valence-corrected chi connectivity index (χ3v) is 4.60. The Hall–Kier alpha value is -1.33. The minimum atomic E-state index is -0.581. The number of aryl methyl sites for hydroxylation is 1. The number of amides is 1. The zero-order valence-corrected chi connectivity index (χ0v) is 11.4. The van der Waals surface area contributed by atoms with Crippen molar-refractivity contribution in [3.63, 3.8) is 0 Å². The van der Waals surface area contributed by atoms with Gasteiger partial charge in [0.25, 0.3) is 5.91 Å². The Morgan fingerprint density at radius 2 is 2.15 bits per heavy atom. The van der Waals surface area contributed by atoms with Gasteiger partial charge >= 0.3 is 0 Å². The van der Waals surface area contributed by atoms with Crippen molar-refractivity contribution in [3.8, 4) is 0 Å². The second-order valence-corrected chi connectivity index (χ2v) is 6.04. The van der Waals surface area contributed by atoms with Gasteiger partial charge < -0.3 is 19.2 Å². The van der Waals surface area contributed by atoms with Gasteiger partial charge in [0.15, 0.2) is 5.76 Å². The van der Waals surface area contributed by atoms with Crippen LogP contribution in [0.2, 0.25) is 0 Å². The van der Waals surface area contributed by atoms with Crippen molar-refractivity contribution in [1.82, 2.24) is 4.90 Å². The van der Waals surface area contributed by atoms with Crippen molar-refractivity contribution in [3.05, 3.63) is 23.2 Å². The number of hydrogen-bond acceptors (Lipinski definition) is 4. The number of ether oxygens (including phenoxy) is 1. The molecule has 108 valence electrons. The average Bonchev–Trinajstić information content (AvgIpc) is 2.84. The summed E-state index contributed by atoms with van der Waals surface area (Å²) in [4.78, 5) is 14.7. The van der Waals surface area contributed by atoms with E-state index in [4.69, 9.17) is 9.15 Å². The highest BCUT2D eigenvalue weighted by molar-refractivity contribution is 5.94. The second-order valence-electron chi connectivity index (χ2n) is 6.04. The normalized spacial score (nSPS) is 28.6. The first-order valence-electron chi connectivity index (χ1n) is 7.43. The van der Waals surface area contributed by atoms with Crippen molar-refractivity contribution in [2.24, 2.45) is 0 Å². The van der Waals surface area contributed by atoms with E-state index in [1.807, 2.05) is 4.90 Å². The topological polar surface area (TPSA) is 62.9 Å². The molecule has 1 amide bonds. The van der Waals surface area contributed by atoms with E-state index in [9.17, 15) is 9.90 Å². The van der Waals surface area contributed by atoms with E-state index < -0.39 is 6.10 Å². The highest BCUT2D eigenvalue weighted by Crippen LogP contribution is 2.35. The molecule has 1 saturated heterocycles. The lowest BCUT2D eigenvalue weighted by atomic mass is 10.1. The number of rotatable bonds is 3. The fourth-order valence-electron chi connectivity index (χ4n) is 3.39. The van der Waals surface area contributed by atoms with Gasteiger partial charge in [0.1, 0.15) is 0 Å². The lowest BCUT2D eigenvalue weighted by Crippen LogP contribution is -2.48. The number of nitrogens with zero attached hydrogens (tertiary/aromatic N) is 1. The van der Waals surface area contributed by atoms with Crippen molar-refractivity contribution in [2.75, 3.05) is 13.2 Å². The summed E-state index contributed by atoms with van der Waals surface area (Å²) in [5, 5.41) is 10.0. The van der Waals surface area contributed by atoms with Gasteiger partial charge in [0, 0.05) is 11.6 Å². The van der Waals surface area contributed by atoms with Crippen molar-refractivity contribution < 1.29 is 19.1 Å². The van der Waals surface area contributed by atoms with E-state index in [0.717, 1.165) is 37.7 Å². The summed E-state index contributed by atoms with van der Waals surface area (Å²) < 4.78 is 10.9. The molecule has 1 aromatic rings. The fraction of sp³-hybridized carbons (Fsp3) is 0.667. The molecule has 20 heavy (non-hydrogen) atoms.